The van der Waals surface area contributed by atoms with Crippen molar-refractivity contribution in [3.8, 4) is 0 Å². The number of aliphatic hydroxyl groups is 1. The highest BCUT2D eigenvalue weighted by Crippen LogP contribution is 2.60. The van der Waals surface area contributed by atoms with Crippen molar-refractivity contribution in [1.82, 2.24) is 15.1 Å². The van der Waals surface area contributed by atoms with Crippen molar-refractivity contribution in [3.05, 3.63) is 133 Å². The van der Waals surface area contributed by atoms with Gasteiger partial charge in [-0.25, -0.2) is 0 Å². The van der Waals surface area contributed by atoms with Gasteiger partial charge in [0, 0.05) is 19.5 Å². The molecule has 0 radical (unpaired) electrons. The lowest BCUT2D eigenvalue weighted by Crippen LogP contribution is -2.57. The maximum Gasteiger partial charge on any atom is 0.306 e. The summed E-state index contributed by atoms with van der Waals surface area (Å²) < 4.78 is 12.3. The lowest BCUT2D eigenvalue weighted by atomic mass is 9.70. The Morgan fingerprint density at radius 2 is 1.63 bits per heavy atom. The molecule has 3 aromatic rings. The molecule has 1 spiro atoms. The number of nitrogens with one attached hydrogen (secondary N) is 1. The molecule has 51 heavy (non-hydrogen) atoms. The van der Waals surface area contributed by atoms with Crippen molar-refractivity contribution >= 4 is 23.7 Å². The maximum absolute atomic E-state index is 14.9. The number of benzene rings is 3. The third kappa shape index (κ3) is 7.11. The van der Waals surface area contributed by atoms with E-state index < -0.39 is 66.1 Å². The fourth-order valence-electron chi connectivity index (χ4n) is 8.04. The zero-order chi connectivity index (χ0) is 36.0. The van der Waals surface area contributed by atoms with Crippen LogP contribution in [0.4, 0.5) is 0 Å². The number of rotatable bonds is 16. The second kappa shape index (κ2) is 15.9. The molecule has 0 unspecified atom stereocenters. The molecule has 3 saturated heterocycles. The quantitative estimate of drug-likeness (QED) is 0.165. The summed E-state index contributed by atoms with van der Waals surface area (Å²) >= 11 is 0. The summed E-state index contributed by atoms with van der Waals surface area (Å²) in [5, 5.41) is 13.9. The van der Waals surface area contributed by atoms with Gasteiger partial charge in [0.15, 0.2) is 0 Å². The molecule has 266 valence electrons. The number of nitrogens with zero attached hydrogens (tertiary/aromatic N) is 2. The molecule has 3 fully saturated rings. The van der Waals surface area contributed by atoms with Crippen molar-refractivity contribution in [2.75, 3.05) is 19.8 Å². The number of carbonyl (C=O) groups excluding carboxylic acids is 4. The van der Waals surface area contributed by atoms with Gasteiger partial charge in [-0.2, -0.15) is 0 Å². The lowest BCUT2D eigenvalue weighted by molar-refractivity contribution is -0.151. The van der Waals surface area contributed by atoms with Gasteiger partial charge < -0.3 is 29.7 Å². The summed E-state index contributed by atoms with van der Waals surface area (Å²) in [6.07, 6.45) is 4.19. The van der Waals surface area contributed by atoms with Gasteiger partial charge in [0.1, 0.15) is 18.2 Å². The molecule has 2 bridgehead atoms. The predicted octanol–water partition coefficient (Wildman–Crippen LogP) is 4.68. The molecule has 3 aliphatic heterocycles. The van der Waals surface area contributed by atoms with Gasteiger partial charge in [0.25, 0.3) is 0 Å². The van der Waals surface area contributed by atoms with E-state index in [-0.39, 0.29) is 32.0 Å². The minimum atomic E-state index is -1.29. The summed E-state index contributed by atoms with van der Waals surface area (Å²) in [5.74, 6) is -3.46. The SMILES string of the molecule is C=CCCC(=O)OC[C@@H](NC(=O)[C@@H]1[C@H]2C(=O)N([C@H](CO)c3ccccc3)[C@H](C(=O)N(CC=C)Cc3ccccc3)[C@]23CC[C@H]1O3)c1ccccc1. The molecule has 10 heteroatoms. The van der Waals surface area contributed by atoms with E-state index >= 15 is 0 Å². The van der Waals surface area contributed by atoms with Crippen LogP contribution in [0.1, 0.15) is 54.5 Å². The average Bonchev–Trinajstić information content (AvgIpc) is 3.81. The first kappa shape index (κ1) is 35.8. The summed E-state index contributed by atoms with van der Waals surface area (Å²) in [6.45, 7) is 7.51. The fraction of sp³-hybridized carbons (Fsp3) is 0.366. The Morgan fingerprint density at radius 1 is 0.980 bits per heavy atom. The van der Waals surface area contributed by atoms with Crippen LogP contribution in [0.2, 0.25) is 0 Å². The Hall–Kier alpha value is -5.06. The van der Waals surface area contributed by atoms with E-state index in [0.717, 1.165) is 11.1 Å². The second-order valence-electron chi connectivity index (χ2n) is 13.4. The number of amides is 3. The van der Waals surface area contributed by atoms with Gasteiger partial charge in [-0.15, -0.1) is 13.2 Å². The maximum atomic E-state index is 14.9. The number of hydrogen-bond acceptors (Lipinski definition) is 7. The van der Waals surface area contributed by atoms with Gasteiger partial charge in [-0.3, -0.25) is 19.2 Å². The standard InChI is InChI=1S/C41H45N3O7/c1-3-5-21-34(46)50-27-31(29-17-11-7-12-18-29)42-38(47)35-33-22-23-41(51-33)36(35)39(48)44(32(26-45)30-19-13-8-14-20-30)37(41)40(49)43(24-4-2)25-28-15-9-6-10-16-28/h3-4,6-20,31-33,35-37,45H,1-2,5,21-27H2,(H,42,47)/t31-,32-,33-,35+,36+,37-,41+/m1/s1. The minimum Gasteiger partial charge on any atom is -0.463 e. The molecule has 7 atom stereocenters. The van der Waals surface area contributed by atoms with Crippen molar-refractivity contribution < 1.29 is 33.8 Å². The van der Waals surface area contributed by atoms with E-state index in [9.17, 15) is 24.3 Å². The fourth-order valence-corrected chi connectivity index (χ4v) is 8.04. The first-order valence-electron chi connectivity index (χ1n) is 17.5. The van der Waals surface area contributed by atoms with E-state index in [1.54, 1.807) is 17.1 Å². The Labute approximate surface area is 298 Å². The monoisotopic (exact) mass is 691 g/mol. The molecule has 3 aromatic carbocycles. The van der Waals surface area contributed by atoms with E-state index in [0.29, 0.717) is 24.8 Å². The number of aliphatic hydroxyl groups excluding tert-OH is 1. The Balaban J connectivity index is 1.35. The average molecular weight is 692 g/mol. The third-order valence-corrected chi connectivity index (χ3v) is 10.3. The summed E-state index contributed by atoms with van der Waals surface area (Å²) in [6, 6.07) is 25.2. The molecule has 10 nitrogen and oxygen atoms in total. The largest absolute Gasteiger partial charge is 0.463 e. The predicted molar refractivity (Wildman–Crippen MR) is 190 cm³/mol. The number of likely N-dealkylation sites (tertiary alicyclic amines) is 1. The van der Waals surface area contributed by atoms with Gasteiger partial charge in [-0.05, 0) is 36.0 Å². The number of esters is 1. The molecule has 3 aliphatic rings. The van der Waals surface area contributed by atoms with E-state index in [1.807, 2.05) is 91.0 Å². The molecule has 0 aliphatic carbocycles. The van der Waals surface area contributed by atoms with E-state index in [2.05, 4.69) is 18.5 Å². The highest BCUT2D eigenvalue weighted by Gasteiger charge is 2.75. The van der Waals surface area contributed by atoms with Gasteiger partial charge in [0.2, 0.25) is 17.7 Å². The van der Waals surface area contributed by atoms with Gasteiger partial charge in [-0.1, -0.05) is 103 Å². The topological polar surface area (TPSA) is 125 Å². The zero-order valence-electron chi connectivity index (χ0n) is 28.6. The Bertz CT molecular complexity index is 1720. The van der Waals surface area contributed by atoms with Crippen molar-refractivity contribution in [2.24, 2.45) is 11.8 Å². The van der Waals surface area contributed by atoms with Crippen LogP contribution < -0.4 is 5.32 Å². The number of hydrogen-bond donors (Lipinski definition) is 2. The van der Waals surface area contributed by atoms with E-state index in [1.165, 1.54) is 4.90 Å². The van der Waals surface area contributed by atoms with E-state index in [4.69, 9.17) is 9.47 Å². The molecule has 0 aromatic heterocycles. The number of ether oxygens (including phenoxy) is 2. The minimum absolute atomic E-state index is 0.0996. The summed E-state index contributed by atoms with van der Waals surface area (Å²) in [5.41, 5.74) is 1.02. The smallest absolute Gasteiger partial charge is 0.306 e. The molecular formula is C41H45N3O7. The summed E-state index contributed by atoms with van der Waals surface area (Å²) in [4.78, 5) is 59.7. The van der Waals surface area contributed by atoms with Crippen LogP contribution in [0.3, 0.4) is 0 Å². The molecular weight excluding hydrogens is 646 g/mol. The number of carbonyl (C=O) groups is 4. The van der Waals surface area contributed by atoms with Crippen LogP contribution in [0.25, 0.3) is 0 Å². The Morgan fingerprint density at radius 3 is 2.25 bits per heavy atom. The highest BCUT2D eigenvalue weighted by molar-refractivity contribution is 5.99. The van der Waals surface area contributed by atoms with Gasteiger partial charge in [0.05, 0.1) is 36.6 Å². The molecule has 0 saturated carbocycles. The van der Waals surface area contributed by atoms with Crippen LogP contribution in [-0.2, 0) is 35.2 Å². The zero-order valence-corrected chi connectivity index (χ0v) is 28.6. The molecule has 3 heterocycles. The first-order valence-corrected chi connectivity index (χ1v) is 17.5. The molecule has 6 rings (SSSR count). The second-order valence-corrected chi connectivity index (χ2v) is 13.4. The highest BCUT2D eigenvalue weighted by atomic mass is 16.5. The van der Waals surface area contributed by atoms with Crippen LogP contribution in [-0.4, -0.2) is 76.1 Å². The van der Waals surface area contributed by atoms with Crippen molar-refractivity contribution in [3.63, 3.8) is 0 Å². The van der Waals surface area contributed by atoms with Crippen LogP contribution in [0, 0.1) is 11.8 Å². The number of allylic oxidation sites excluding steroid dienone is 1. The normalized spacial score (nSPS) is 24.3. The Kier molecular flexibility index (Phi) is 11.1. The van der Waals surface area contributed by atoms with Crippen LogP contribution >= 0.6 is 0 Å². The molecule has 3 amide bonds. The van der Waals surface area contributed by atoms with Crippen LogP contribution in [0.5, 0.6) is 0 Å². The van der Waals surface area contributed by atoms with Gasteiger partial charge >= 0.3 is 5.97 Å². The third-order valence-electron chi connectivity index (χ3n) is 10.3. The first-order chi connectivity index (χ1) is 24.8. The van der Waals surface area contributed by atoms with Crippen molar-refractivity contribution in [2.45, 2.75) is 62.1 Å². The summed E-state index contributed by atoms with van der Waals surface area (Å²) in [7, 11) is 0. The number of fused-ring (bicyclic) bond motifs is 1. The van der Waals surface area contributed by atoms with Crippen molar-refractivity contribution in [1.29, 1.82) is 0 Å². The van der Waals surface area contributed by atoms with Crippen LogP contribution in [0.15, 0.2) is 116 Å². The lowest BCUT2D eigenvalue weighted by Gasteiger charge is -2.39. The molecule has 2 N–H and O–H groups in total.